The fraction of sp³-hybridized carbons (Fsp3) is 0.500. The van der Waals surface area contributed by atoms with Gasteiger partial charge in [-0.2, -0.15) is 0 Å². The molecule has 0 aliphatic carbocycles. The molecule has 3 atom stereocenters. The maximum absolute atomic E-state index is 13.1. The van der Waals surface area contributed by atoms with Crippen molar-refractivity contribution in [3.05, 3.63) is 71.8 Å². The molecule has 0 radical (unpaired) electrons. The minimum absolute atomic E-state index is 0.124. The Morgan fingerprint density at radius 1 is 0.828 bits per heavy atom. The van der Waals surface area contributed by atoms with Gasteiger partial charge in [0.15, 0.2) is 0 Å². The van der Waals surface area contributed by atoms with Gasteiger partial charge in [0.2, 0.25) is 10.0 Å². The summed E-state index contributed by atoms with van der Waals surface area (Å²) in [5.74, 6) is 1.13. The average Bonchev–Trinajstić information content (AvgIpc) is 2.70. The van der Waals surface area contributed by atoms with Gasteiger partial charge in [-0.15, -0.1) is 0 Å². The quantitative estimate of drug-likeness (QED) is 0.538. The van der Waals surface area contributed by atoms with E-state index in [1.165, 1.54) is 0 Å². The van der Waals surface area contributed by atoms with Gasteiger partial charge in [-0.1, -0.05) is 94.8 Å². The molecule has 0 aliphatic rings. The van der Waals surface area contributed by atoms with E-state index in [9.17, 15) is 8.42 Å². The van der Waals surface area contributed by atoms with Gasteiger partial charge < -0.3 is 5.73 Å². The molecule has 2 aromatic carbocycles. The molecule has 0 aromatic heterocycles. The van der Waals surface area contributed by atoms with Gasteiger partial charge in [0.05, 0.1) is 17.8 Å². The van der Waals surface area contributed by atoms with Crippen molar-refractivity contribution < 1.29 is 8.42 Å². The first-order valence-electron chi connectivity index (χ1n) is 10.5. The molecule has 3 N–H and O–H groups in total. The van der Waals surface area contributed by atoms with Gasteiger partial charge in [0.1, 0.15) is 0 Å². The zero-order valence-corrected chi connectivity index (χ0v) is 18.9. The summed E-state index contributed by atoms with van der Waals surface area (Å²) >= 11 is 0. The Kier molecular flexibility index (Phi) is 8.87. The molecule has 5 heteroatoms. The van der Waals surface area contributed by atoms with Crippen molar-refractivity contribution in [3.8, 4) is 0 Å². The third-order valence-electron chi connectivity index (χ3n) is 5.50. The zero-order chi connectivity index (χ0) is 21.4. The van der Waals surface area contributed by atoms with E-state index in [2.05, 4.69) is 32.4 Å². The molecule has 2 aromatic rings. The Morgan fingerprint density at radius 2 is 1.34 bits per heavy atom. The van der Waals surface area contributed by atoms with Crippen molar-refractivity contribution in [2.75, 3.05) is 5.75 Å². The first-order chi connectivity index (χ1) is 13.7. The Hall–Kier alpha value is -1.69. The third kappa shape index (κ3) is 7.57. The van der Waals surface area contributed by atoms with E-state index >= 15 is 0 Å². The lowest BCUT2D eigenvalue weighted by molar-refractivity contribution is 0.356. The second-order valence-electron chi connectivity index (χ2n) is 8.70. The standard InChI is InChI=1S/C24H36N2O2S/c1-18(2)15-16-22(19(3)4)17-29(27,28)26-24(21-13-9-6-10-14-21)23(25)20-11-7-5-8-12-20/h5-14,18-19,22-24,26H,15-17,25H2,1-4H3. The number of nitrogens with one attached hydrogen (secondary N) is 1. The fourth-order valence-electron chi connectivity index (χ4n) is 3.56. The largest absolute Gasteiger partial charge is 0.322 e. The van der Waals surface area contributed by atoms with Crippen LogP contribution in [0.4, 0.5) is 0 Å². The van der Waals surface area contributed by atoms with E-state index in [1.54, 1.807) is 0 Å². The number of hydrogen-bond donors (Lipinski definition) is 2. The summed E-state index contributed by atoms with van der Waals surface area (Å²) in [4.78, 5) is 0. The van der Waals surface area contributed by atoms with E-state index < -0.39 is 22.1 Å². The van der Waals surface area contributed by atoms with Gasteiger partial charge in [0, 0.05) is 0 Å². The van der Waals surface area contributed by atoms with Crippen LogP contribution in [0.25, 0.3) is 0 Å². The number of benzene rings is 2. The van der Waals surface area contributed by atoms with Crippen molar-refractivity contribution in [1.29, 1.82) is 0 Å². The first-order valence-corrected chi connectivity index (χ1v) is 12.2. The van der Waals surface area contributed by atoms with Gasteiger partial charge in [0.25, 0.3) is 0 Å². The van der Waals surface area contributed by atoms with Crippen LogP contribution < -0.4 is 10.5 Å². The van der Waals surface area contributed by atoms with Crippen molar-refractivity contribution in [2.45, 2.75) is 52.6 Å². The normalized spacial score (nSPS) is 15.4. The lowest BCUT2D eigenvalue weighted by Crippen LogP contribution is -2.39. The predicted octanol–water partition coefficient (Wildman–Crippen LogP) is 5.06. The van der Waals surface area contributed by atoms with Crippen molar-refractivity contribution in [2.24, 2.45) is 23.5 Å². The second-order valence-corrected chi connectivity index (χ2v) is 10.5. The number of sulfonamides is 1. The molecule has 4 nitrogen and oxygen atoms in total. The van der Waals surface area contributed by atoms with E-state index in [4.69, 9.17) is 5.73 Å². The van der Waals surface area contributed by atoms with Crippen LogP contribution in [0.3, 0.4) is 0 Å². The molecule has 29 heavy (non-hydrogen) atoms. The van der Waals surface area contributed by atoms with E-state index in [0.717, 1.165) is 24.0 Å². The molecule has 0 saturated carbocycles. The molecular formula is C24H36N2O2S. The molecule has 0 aliphatic heterocycles. The highest BCUT2D eigenvalue weighted by molar-refractivity contribution is 7.89. The van der Waals surface area contributed by atoms with Crippen molar-refractivity contribution in [1.82, 2.24) is 4.72 Å². The minimum Gasteiger partial charge on any atom is -0.322 e. The summed E-state index contributed by atoms with van der Waals surface area (Å²) < 4.78 is 29.2. The highest BCUT2D eigenvalue weighted by Gasteiger charge is 2.29. The molecule has 0 amide bonds. The molecule has 0 fully saturated rings. The zero-order valence-electron chi connectivity index (χ0n) is 18.1. The average molecular weight is 417 g/mol. The highest BCUT2D eigenvalue weighted by atomic mass is 32.2. The lowest BCUT2D eigenvalue weighted by Gasteiger charge is -2.28. The summed E-state index contributed by atoms with van der Waals surface area (Å²) in [6.45, 7) is 8.55. The number of hydrogen-bond acceptors (Lipinski definition) is 3. The van der Waals surface area contributed by atoms with Crippen LogP contribution in [-0.4, -0.2) is 14.2 Å². The van der Waals surface area contributed by atoms with Crippen LogP contribution in [0.2, 0.25) is 0 Å². The fourth-order valence-corrected chi connectivity index (χ4v) is 5.44. The monoisotopic (exact) mass is 416 g/mol. The maximum atomic E-state index is 13.1. The topological polar surface area (TPSA) is 72.2 Å². The molecule has 2 rings (SSSR count). The van der Waals surface area contributed by atoms with Crippen molar-refractivity contribution in [3.63, 3.8) is 0 Å². The van der Waals surface area contributed by atoms with Crippen LogP contribution in [0.15, 0.2) is 60.7 Å². The van der Waals surface area contributed by atoms with Gasteiger partial charge in [-0.25, -0.2) is 13.1 Å². The summed E-state index contributed by atoms with van der Waals surface area (Å²) in [5.41, 5.74) is 8.32. The SMILES string of the molecule is CC(C)CCC(CS(=O)(=O)NC(c1ccccc1)C(N)c1ccccc1)C(C)C. The lowest BCUT2D eigenvalue weighted by atomic mass is 9.90. The molecule has 0 spiro atoms. The molecule has 0 saturated heterocycles. The summed E-state index contributed by atoms with van der Waals surface area (Å²) in [6, 6.07) is 18.3. The number of nitrogens with two attached hydrogens (primary N) is 1. The molecule has 0 heterocycles. The van der Waals surface area contributed by atoms with Gasteiger partial charge >= 0.3 is 0 Å². The van der Waals surface area contributed by atoms with E-state index in [0.29, 0.717) is 11.8 Å². The second kappa shape index (κ2) is 10.9. The highest BCUT2D eigenvalue weighted by Crippen LogP contribution is 2.29. The Balaban J connectivity index is 2.25. The molecule has 160 valence electrons. The predicted molar refractivity (Wildman–Crippen MR) is 122 cm³/mol. The van der Waals surface area contributed by atoms with Crippen LogP contribution in [0, 0.1) is 17.8 Å². The minimum atomic E-state index is -3.50. The first kappa shape index (κ1) is 23.6. The van der Waals surface area contributed by atoms with Gasteiger partial charge in [-0.05, 0) is 35.3 Å². The van der Waals surface area contributed by atoms with Crippen LogP contribution in [-0.2, 0) is 10.0 Å². The summed E-state index contributed by atoms with van der Waals surface area (Å²) in [7, 11) is -3.50. The molecular weight excluding hydrogens is 380 g/mol. The maximum Gasteiger partial charge on any atom is 0.212 e. The van der Waals surface area contributed by atoms with Crippen molar-refractivity contribution >= 4 is 10.0 Å². The van der Waals surface area contributed by atoms with E-state index in [-0.39, 0.29) is 11.7 Å². The Bertz CT molecular complexity index is 820. The molecule has 3 unspecified atom stereocenters. The molecule has 0 bridgehead atoms. The van der Waals surface area contributed by atoms with Crippen LogP contribution in [0.1, 0.15) is 63.7 Å². The Labute approximate surface area is 177 Å². The summed E-state index contributed by atoms with van der Waals surface area (Å²) in [5, 5.41) is 0. The third-order valence-corrected chi connectivity index (χ3v) is 6.98. The summed E-state index contributed by atoms with van der Waals surface area (Å²) in [6.07, 6.45) is 1.95. The van der Waals surface area contributed by atoms with Crippen LogP contribution in [0.5, 0.6) is 0 Å². The van der Waals surface area contributed by atoms with E-state index in [1.807, 2.05) is 60.7 Å². The van der Waals surface area contributed by atoms with Gasteiger partial charge in [-0.3, -0.25) is 0 Å². The van der Waals surface area contributed by atoms with Crippen LogP contribution >= 0.6 is 0 Å². The Morgan fingerprint density at radius 3 is 1.83 bits per heavy atom. The number of rotatable bonds is 11. The smallest absolute Gasteiger partial charge is 0.212 e.